The fraction of sp³-hybridized carbons (Fsp3) is 0.0370. The van der Waals surface area contributed by atoms with Crippen molar-refractivity contribution < 1.29 is 0 Å². The number of fused-ring (bicyclic) bond motifs is 1. The van der Waals surface area contributed by atoms with Crippen LogP contribution in [0.25, 0.3) is 22.3 Å². The molecule has 0 aliphatic carbocycles. The van der Waals surface area contributed by atoms with Gasteiger partial charge in [-0.2, -0.15) is 0 Å². The fourth-order valence-electron chi connectivity index (χ4n) is 3.79. The molecule has 0 saturated heterocycles. The van der Waals surface area contributed by atoms with Gasteiger partial charge < -0.3 is 4.90 Å². The van der Waals surface area contributed by atoms with E-state index < -0.39 is 0 Å². The van der Waals surface area contributed by atoms with Gasteiger partial charge in [0.25, 0.3) is 0 Å². The minimum absolute atomic E-state index is 0.735. The highest BCUT2D eigenvalue weighted by Crippen LogP contribution is 2.39. The van der Waals surface area contributed by atoms with Gasteiger partial charge in [0.05, 0.1) is 11.2 Å². The number of nitrogens with zero attached hydrogens (tertiary/aromatic N) is 3. The lowest BCUT2D eigenvalue weighted by Crippen LogP contribution is -2.11. The smallest absolute Gasteiger partial charge is 0.162 e. The molecule has 0 aliphatic heterocycles. The van der Waals surface area contributed by atoms with E-state index in [0.29, 0.717) is 0 Å². The monoisotopic (exact) mass is 387 g/mol. The van der Waals surface area contributed by atoms with Crippen LogP contribution >= 0.6 is 0 Å². The Kier molecular flexibility index (Phi) is 4.70. The van der Waals surface area contributed by atoms with Crippen molar-refractivity contribution in [2.45, 2.75) is 6.92 Å². The summed E-state index contributed by atoms with van der Waals surface area (Å²) in [5.74, 6) is 0.735. The standard InChI is InChI=1S/C27H21N3/c1-20-23-16-8-10-18-25(23)29-27(28-20)24-17-9-11-19-26(24)30(21-12-4-2-5-13-21)22-14-6-3-7-15-22/h2-19H,1H3. The van der Waals surface area contributed by atoms with Gasteiger partial charge in [-0.15, -0.1) is 0 Å². The summed E-state index contributed by atoms with van der Waals surface area (Å²) in [6, 6.07) is 37.3. The first-order valence-electron chi connectivity index (χ1n) is 10.0. The number of benzene rings is 4. The van der Waals surface area contributed by atoms with E-state index in [2.05, 4.69) is 77.7 Å². The van der Waals surface area contributed by atoms with Gasteiger partial charge in [-0.25, -0.2) is 9.97 Å². The second-order valence-electron chi connectivity index (χ2n) is 7.17. The SMILES string of the molecule is Cc1nc(-c2ccccc2N(c2ccccc2)c2ccccc2)nc2ccccc12. The highest BCUT2D eigenvalue weighted by atomic mass is 15.1. The predicted molar refractivity (Wildman–Crippen MR) is 124 cm³/mol. The van der Waals surface area contributed by atoms with Crippen molar-refractivity contribution >= 4 is 28.0 Å². The zero-order valence-corrected chi connectivity index (χ0v) is 16.7. The second-order valence-corrected chi connectivity index (χ2v) is 7.17. The van der Waals surface area contributed by atoms with Gasteiger partial charge in [-0.3, -0.25) is 0 Å². The third kappa shape index (κ3) is 3.31. The van der Waals surface area contributed by atoms with Gasteiger partial charge in [-0.1, -0.05) is 66.7 Å². The Morgan fingerprint density at radius 2 is 1.13 bits per heavy atom. The Morgan fingerprint density at radius 1 is 0.567 bits per heavy atom. The van der Waals surface area contributed by atoms with E-state index in [1.54, 1.807) is 0 Å². The highest BCUT2D eigenvalue weighted by Gasteiger charge is 2.18. The predicted octanol–water partition coefficient (Wildman–Crippen LogP) is 7.08. The molecule has 0 amide bonds. The summed E-state index contributed by atoms with van der Waals surface area (Å²) in [5, 5.41) is 1.08. The van der Waals surface area contributed by atoms with Crippen LogP contribution in [0.5, 0.6) is 0 Å². The van der Waals surface area contributed by atoms with Crippen molar-refractivity contribution in [2.24, 2.45) is 0 Å². The number of anilines is 3. The van der Waals surface area contributed by atoms with Crippen LogP contribution in [-0.2, 0) is 0 Å². The summed E-state index contributed by atoms with van der Waals surface area (Å²) in [7, 11) is 0. The Bertz CT molecular complexity index is 1260. The molecule has 3 nitrogen and oxygen atoms in total. The van der Waals surface area contributed by atoms with E-state index in [-0.39, 0.29) is 0 Å². The number of aryl methyl sites for hydroxylation is 1. The molecule has 0 aliphatic rings. The number of aromatic nitrogens is 2. The number of para-hydroxylation sites is 4. The first-order chi connectivity index (χ1) is 14.8. The van der Waals surface area contributed by atoms with Gasteiger partial charge in [0, 0.05) is 28.0 Å². The quantitative estimate of drug-likeness (QED) is 0.330. The Balaban J connectivity index is 1.74. The largest absolute Gasteiger partial charge is 0.310 e. The van der Waals surface area contributed by atoms with Crippen molar-refractivity contribution in [3.05, 3.63) is 115 Å². The van der Waals surface area contributed by atoms with Crippen LogP contribution in [0.4, 0.5) is 17.1 Å². The Labute approximate surface area is 176 Å². The lowest BCUT2D eigenvalue weighted by molar-refractivity contribution is 1.15. The summed E-state index contributed by atoms with van der Waals surface area (Å²) in [4.78, 5) is 12.0. The molecule has 4 aromatic carbocycles. The molecule has 0 atom stereocenters. The summed E-state index contributed by atoms with van der Waals surface area (Å²) < 4.78 is 0. The molecule has 5 aromatic rings. The van der Waals surface area contributed by atoms with Gasteiger partial charge in [0.2, 0.25) is 0 Å². The summed E-state index contributed by atoms with van der Waals surface area (Å²) in [5.41, 5.74) is 6.17. The third-order valence-corrected chi connectivity index (χ3v) is 5.21. The first-order valence-corrected chi connectivity index (χ1v) is 10.0. The maximum absolute atomic E-state index is 4.90. The molecule has 0 unspecified atom stereocenters. The molecule has 1 aromatic heterocycles. The van der Waals surface area contributed by atoms with Crippen LogP contribution in [0, 0.1) is 6.92 Å². The van der Waals surface area contributed by atoms with Crippen LogP contribution in [0.15, 0.2) is 109 Å². The van der Waals surface area contributed by atoms with Gasteiger partial charge in [0.1, 0.15) is 0 Å². The first kappa shape index (κ1) is 18.1. The lowest BCUT2D eigenvalue weighted by Gasteiger charge is -2.27. The van der Waals surface area contributed by atoms with Gasteiger partial charge >= 0.3 is 0 Å². The van der Waals surface area contributed by atoms with E-state index in [0.717, 1.165) is 45.0 Å². The van der Waals surface area contributed by atoms with E-state index >= 15 is 0 Å². The minimum Gasteiger partial charge on any atom is -0.310 e. The third-order valence-electron chi connectivity index (χ3n) is 5.21. The van der Waals surface area contributed by atoms with Crippen molar-refractivity contribution in [3.63, 3.8) is 0 Å². The molecule has 30 heavy (non-hydrogen) atoms. The van der Waals surface area contributed by atoms with Crippen LogP contribution < -0.4 is 4.90 Å². The molecular formula is C27H21N3. The lowest BCUT2D eigenvalue weighted by atomic mass is 10.1. The van der Waals surface area contributed by atoms with E-state index in [1.165, 1.54) is 0 Å². The zero-order valence-electron chi connectivity index (χ0n) is 16.7. The molecule has 0 spiro atoms. The van der Waals surface area contributed by atoms with E-state index in [9.17, 15) is 0 Å². The van der Waals surface area contributed by atoms with Crippen molar-refractivity contribution in [1.29, 1.82) is 0 Å². The van der Waals surface area contributed by atoms with Crippen LogP contribution in [0.3, 0.4) is 0 Å². The van der Waals surface area contributed by atoms with Crippen LogP contribution in [0.2, 0.25) is 0 Å². The summed E-state index contributed by atoms with van der Waals surface area (Å²) in [6.07, 6.45) is 0. The van der Waals surface area contributed by atoms with Crippen LogP contribution in [0.1, 0.15) is 5.69 Å². The number of hydrogen-bond donors (Lipinski definition) is 0. The summed E-state index contributed by atoms with van der Waals surface area (Å²) >= 11 is 0. The molecule has 0 radical (unpaired) electrons. The van der Waals surface area contributed by atoms with Crippen LogP contribution in [-0.4, -0.2) is 9.97 Å². The highest BCUT2D eigenvalue weighted by molar-refractivity contribution is 5.88. The summed E-state index contributed by atoms with van der Waals surface area (Å²) in [6.45, 7) is 2.04. The molecule has 144 valence electrons. The molecule has 1 heterocycles. The van der Waals surface area contributed by atoms with E-state index in [1.807, 2.05) is 43.3 Å². The molecule has 0 bridgehead atoms. The molecule has 0 N–H and O–H groups in total. The van der Waals surface area contributed by atoms with Gasteiger partial charge in [0.15, 0.2) is 5.82 Å². The normalized spacial score (nSPS) is 10.8. The van der Waals surface area contributed by atoms with Crippen molar-refractivity contribution in [3.8, 4) is 11.4 Å². The topological polar surface area (TPSA) is 29.0 Å². The Morgan fingerprint density at radius 3 is 1.83 bits per heavy atom. The van der Waals surface area contributed by atoms with Gasteiger partial charge in [-0.05, 0) is 49.4 Å². The minimum atomic E-state index is 0.735. The maximum Gasteiger partial charge on any atom is 0.162 e. The molecule has 3 heteroatoms. The Hall–Kier alpha value is -3.98. The van der Waals surface area contributed by atoms with E-state index in [4.69, 9.17) is 9.97 Å². The zero-order chi connectivity index (χ0) is 20.3. The average Bonchev–Trinajstić information content (AvgIpc) is 2.81. The molecular weight excluding hydrogens is 366 g/mol. The molecule has 0 fully saturated rings. The second kappa shape index (κ2) is 7.80. The van der Waals surface area contributed by atoms with Crippen molar-refractivity contribution in [2.75, 3.05) is 4.90 Å². The molecule has 5 rings (SSSR count). The number of hydrogen-bond acceptors (Lipinski definition) is 3. The number of rotatable bonds is 4. The average molecular weight is 387 g/mol. The maximum atomic E-state index is 4.90. The fourth-order valence-corrected chi connectivity index (χ4v) is 3.79. The molecule has 0 saturated carbocycles. The van der Waals surface area contributed by atoms with Crippen molar-refractivity contribution in [1.82, 2.24) is 9.97 Å².